The zero-order chi connectivity index (χ0) is 15.6. The lowest BCUT2D eigenvalue weighted by Crippen LogP contribution is -2.42. The molecule has 0 aliphatic carbocycles. The van der Waals surface area contributed by atoms with Gasteiger partial charge in [0, 0.05) is 39.3 Å². The third-order valence-electron chi connectivity index (χ3n) is 4.06. The van der Waals surface area contributed by atoms with Crippen molar-refractivity contribution in [1.82, 2.24) is 15.5 Å². The van der Waals surface area contributed by atoms with Crippen molar-refractivity contribution < 1.29 is 0 Å². The van der Waals surface area contributed by atoms with Crippen LogP contribution in [0.2, 0.25) is 0 Å². The molecule has 0 spiro atoms. The van der Waals surface area contributed by atoms with Gasteiger partial charge < -0.3 is 10.6 Å². The number of aliphatic imine (C=N–C) groups is 1. The number of benzene rings is 1. The molecule has 1 heterocycles. The molecule has 23 heavy (non-hydrogen) atoms. The van der Waals surface area contributed by atoms with Crippen LogP contribution in [-0.2, 0) is 13.0 Å². The highest BCUT2D eigenvalue weighted by atomic mass is 127. The molecule has 1 aromatic rings. The number of rotatable bonds is 7. The van der Waals surface area contributed by atoms with Crippen molar-refractivity contribution in [3.63, 3.8) is 0 Å². The molecule has 0 unspecified atom stereocenters. The van der Waals surface area contributed by atoms with Gasteiger partial charge in [-0.25, -0.2) is 0 Å². The standard InChI is InChI=1S/C18H30N4.HI/c1-3-5-11-20-18(19-4-2)21-12-14-22-13-10-16-8-6-7-9-17(16)15-22;/h6-9H,3-5,10-15H2,1-2H3,(H2,19,20,21);1H. The summed E-state index contributed by atoms with van der Waals surface area (Å²) in [5, 5.41) is 6.76. The number of fused-ring (bicyclic) bond motifs is 1. The Hall–Kier alpha value is -0.820. The van der Waals surface area contributed by atoms with Crippen molar-refractivity contribution in [2.75, 3.05) is 32.7 Å². The third-order valence-corrected chi connectivity index (χ3v) is 4.06. The van der Waals surface area contributed by atoms with Gasteiger partial charge >= 0.3 is 0 Å². The van der Waals surface area contributed by atoms with Crippen LogP contribution in [0.25, 0.3) is 0 Å². The first-order chi connectivity index (χ1) is 10.8. The molecule has 0 fully saturated rings. The second-order valence-electron chi connectivity index (χ2n) is 5.84. The minimum absolute atomic E-state index is 0. The van der Waals surface area contributed by atoms with Crippen LogP contribution in [0.15, 0.2) is 29.3 Å². The summed E-state index contributed by atoms with van der Waals surface area (Å²) in [5.41, 5.74) is 3.00. The predicted octanol–water partition coefficient (Wildman–Crippen LogP) is 3.02. The van der Waals surface area contributed by atoms with Gasteiger partial charge in [-0.3, -0.25) is 9.89 Å². The van der Waals surface area contributed by atoms with Crippen LogP contribution >= 0.6 is 24.0 Å². The quantitative estimate of drug-likeness (QED) is 0.303. The van der Waals surface area contributed by atoms with Gasteiger partial charge in [-0.1, -0.05) is 37.6 Å². The first-order valence-electron chi connectivity index (χ1n) is 8.64. The van der Waals surface area contributed by atoms with Crippen LogP contribution in [0.1, 0.15) is 37.8 Å². The van der Waals surface area contributed by atoms with Gasteiger partial charge in [0.2, 0.25) is 0 Å². The average molecular weight is 430 g/mol. The third kappa shape index (κ3) is 7.08. The Morgan fingerprint density at radius 1 is 1.17 bits per heavy atom. The molecule has 5 heteroatoms. The molecule has 2 N–H and O–H groups in total. The van der Waals surface area contributed by atoms with E-state index in [9.17, 15) is 0 Å². The van der Waals surface area contributed by atoms with Crippen molar-refractivity contribution in [2.24, 2.45) is 4.99 Å². The molecule has 2 rings (SSSR count). The maximum absolute atomic E-state index is 4.60. The average Bonchev–Trinajstić information content (AvgIpc) is 2.55. The highest BCUT2D eigenvalue weighted by Gasteiger charge is 2.14. The number of hydrogen-bond acceptors (Lipinski definition) is 2. The van der Waals surface area contributed by atoms with Crippen molar-refractivity contribution in [2.45, 2.75) is 39.7 Å². The fraction of sp³-hybridized carbons (Fsp3) is 0.611. The summed E-state index contributed by atoms with van der Waals surface area (Å²) in [6.45, 7) is 10.4. The molecule has 1 aliphatic rings. The molecule has 4 nitrogen and oxygen atoms in total. The number of guanidine groups is 1. The number of unbranched alkanes of at least 4 members (excludes halogenated alkanes) is 1. The molecule has 1 aromatic carbocycles. The van der Waals surface area contributed by atoms with Crippen LogP contribution in [0, 0.1) is 0 Å². The lowest BCUT2D eigenvalue weighted by Gasteiger charge is -2.28. The van der Waals surface area contributed by atoms with Gasteiger partial charge in [0.25, 0.3) is 0 Å². The Kier molecular flexibility index (Phi) is 10.3. The Morgan fingerprint density at radius 2 is 1.96 bits per heavy atom. The van der Waals surface area contributed by atoms with Gasteiger partial charge in [0.15, 0.2) is 5.96 Å². The van der Waals surface area contributed by atoms with E-state index in [4.69, 9.17) is 0 Å². The van der Waals surface area contributed by atoms with E-state index in [2.05, 4.69) is 58.6 Å². The minimum atomic E-state index is 0. The van der Waals surface area contributed by atoms with Gasteiger partial charge in [0.05, 0.1) is 0 Å². The van der Waals surface area contributed by atoms with Gasteiger partial charge in [-0.05, 0) is 30.9 Å². The normalized spacial score (nSPS) is 14.8. The molecule has 0 aromatic heterocycles. The SMILES string of the molecule is CCCCN=C(NCC)NCCN1CCc2ccccc2C1.I. The maximum atomic E-state index is 4.60. The van der Waals surface area contributed by atoms with Gasteiger partial charge in [-0.15, -0.1) is 24.0 Å². The number of nitrogens with one attached hydrogen (secondary N) is 2. The van der Waals surface area contributed by atoms with Crippen molar-refractivity contribution in [3.05, 3.63) is 35.4 Å². The van der Waals surface area contributed by atoms with E-state index >= 15 is 0 Å². The summed E-state index contributed by atoms with van der Waals surface area (Å²) < 4.78 is 0. The van der Waals surface area contributed by atoms with Gasteiger partial charge in [-0.2, -0.15) is 0 Å². The van der Waals surface area contributed by atoms with E-state index in [-0.39, 0.29) is 24.0 Å². The van der Waals surface area contributed by atoms with E-state index in [0.717, 1.165) is 51.6 Å². The molecule has 0 saturated carbocycles. The van der Waals surface area contributed by atoms with Crippen molar-refractivity contribution in [1.29, 1.82) is 0 Å². The zero-order valence-corrected chi connectivity index (χ0v) is 16.8. The smallest absolute Gasteiger partial charge is 0.191 e. The Bertz CT molecular complexity index is 476. The number of nitrogens with zero attached hydrogens (tertiary/aromatic N) is 2. The second-order valence-corrected chi connectivity index (χ2v) is 5.84. The van der Waals surface area contributed by atoms with Crippen LogP contribution in [0.5, 0.6) is 0 Å². The summed E-state index contributed by atoms with van der Waals surface area (Å²) >= 11 is 0. The number of halogens is 1. The molecule has 0 atom stereocenters. The Morgan fingerprint density at radius 3 is 2.70 bits per heavy atom. The van der Waals surface area contributed by atoms with E-state index in [1.807, 2.05) is 0 Å². The van der Waals surface area contributed by atoms with Crippen LogP contribution < -0.4 is 10.6 Å². The summed E-state index contributed by atoms with van der Waals surface area (Å²) in [5.74, 6) is 0.952. The van der Waals surface area contributed by atoms with Crippen LogP contribution in [0.4, 0.5) is 0 Å². The first kappa shape index (κ1) is 20.2. The molecule has 130 valence electrons. The lowest BCUT2D eigenvalue weighted by molar-refractivity contribution is 0.258. The van der Waals surface area contributed by atoms with Crippen LogP contribution in [0.3, 0.4) is 0 Å². The summed E-state index contributed by atoms with van der Waals surface area (Å²) in [4.78, 5) is 7.12. The highest BCUT2D eigenvalue weighted by molar-refractivity contribution is 14.0. The maximum Gasteiger partial charge on any atom is 0.191 e. The fourth-order valence-corrected chi connectivity index (χ4v) is 2.77. The minimum Gasteiger partial charge on any atom is -0.357 e. The highest BCUT2D eigenvalue weighted by Crippen LogP contribution is 2.17. The molecule has 0 amide bonds. The molecule has 0 bridgehead atoms. The molecule has 0 saturated heterocycles. The Labute approximate surface area is 158 Å². The summed E-state index contributed by atoms with van der Waals surface area (Å²) in [7, 11) is 0. The van der Waals surface area contributed by atoms with E-state index in [0.29, 0.717) is 0 Å². The molecule has 0 radical (unpaired) electrons. The topological polar surface area (TPSA) is 39.7 Å². The summed E-state index contributed by atoms with van der Waals surface area (Å²) in [6.07, 6.45) is 3.51. The Balaban J connectivity index is 0.00000264. The lowest BCUT2D eigenvalue weighted by atomic mass is 10.00. The van der Waals surface area contributed by atoms with E-state index in [1.54, 1.807) is 0 Å². The first-order valence-corrected chi connectivity index (χ1v) is 8.64. The summed E-state index contributed by atoms with van der Waals surface area (Å²) in [6, 6.07) is 8.80. The monoisotopic (exact) mass is 430 g/mol. The van der Waals surface area contributed by atoms with Crippen molar-refractivity contribution in [3.8, 4) is 0 Å². The van der Waals surface area contributed by atoms with Gasteiger partial charge in [0.1, 0.15) is 0 Å². The largest absolute Gasteiger partial charge is 0.357 e. The second kappa shape index (κ2) is 11.7. The van der Waals surface area contributed by atoms with Crippen LogP contribution in [-0.4, -0.2) is 43.6 Å². The van der Waals surface area contributed by atoms with E-state index < -0.39 is 0 Å². The predicted molar refractivity (Wildman–Crippen MR) is 110 cm³/mol. The molecular formula is C18H31IN4. The van der Waals surface area contributed by atoms with E-state index in [1.165, 1.54) is 24.0 Å². The molecule has 1 aliphatic heterocycles. The zero-order valence-electron chi connectivity index (χ0n) is 14.5. The molecular weight excluding hydrogens is 399 g/mol. The van der Waals surface area contributed by atoms with Crippen molar-refractivity contribution >= 4 is 29.9 Å². The fourth-order valence-electron chi connectivity index (χ4n) is 2.77. The number of hydrogen-bond donors (Lipinski definition) is 2.